The number of halogens is 2. The Kier molecular flexibility index (Phi) is 4.98. The summed E-state index contributed by atoms with van der Waals surface area (Å²) in [6, 6.07) is 3.44. The number of hydrogen-bond acceptors (Lipinski definition) is 7. The number of aryl methyl sites for hydroxylation is 3. The van der Waals surface area contributed by atoms with Gasteiger partial charge in [-0.15, -0.1) is 0 Å². The number of benzene rings is 1. The third kappa shape index (κ3) is 3.49. The summed E-state index contributed by atoms with van der Waals surface area (Å²) in [7, 11) is 0. The van der Waals surface area contributed by atoms with Crippen molar-refractivity contribution in [3.8, 4) is 11.3 Å². The number of morpholine rings is 1. The van der Waals surface area contributed by atoms with E-state index in [1.54, 1.807) is 0 Å². The molecule has 0 amide bonds. The number of nitrogens with zero attached hydrogens (tertiary/aromatic N) is 7. The zero-order valence-electron chi connectivity index (χ0n) is 18.9. The molecular weight excluding hydrogens is 440 g/mol. The predicted octanol–water partition coefficient (Wildman–Crippen LogP) is 3.70. The molecule has 0 unspecified atom stereocenters. The minimum Gasteiger partial charge on any atom is -0.370 e. The smallest absolute Gasteiger partial charge is 0.228 e. The Morgan fingerprint density at radius 1 is 1.03 bits per heavy atom. The van der Waals surface area contributed by atoms with Crippen LogP contribution in [0.15, 0.2) is 24.4 Å². The molecule has 1 fully saturated rings. The number of hydrogen-bond donors (Lipinski definition) is 0. The van der Waals surface area contributed by atoms with Gasteiger partial charge in [0.1, 0.15) is 28.9 Å². The standard InChI is InChI=1S/C24H23F2N7O/c1-13-14(2)29-23-22(28-13)21(16-6-5-15(25)10-18(16)26)30-24(31-23)32-8-9-34-20(12-32)17-11-27-33-7-3-4-19(17)33/h5-6,10-11,20H,3-4,7-9,12H2,1-2H3/t20-/m1/s1. The number of ether oxygens (including phenoxy) is 1. The number of rotatable bonds is 3. The fourth-order valence-electron chi connectivity index (χ4n) is 4.69. The van der Waals surface area contributed by atoms with Gasteiger partial charge in [0.15, 0.2) is 5.65 Å². The lowest BCUT2D eigenvalue weighted by atomic mass is 10.1. The lowest BCUT2D eigenvalue weighted by Gasteiger charge is -2.33. The Labute approximate surface area is 194 Å². The van der Waals surface area contributed by atoms with E-state index in [1.165, 1.54) is 17.8 Å². The van der Waals surface area contributed by atoms with Crippen LogP contribution in [-0.4, -0.2) is 49.4 Å². The van der Waals surface area contributed by atoms with Crippen LogP contribution in [0.1, 0.15) is 35.2 Å². The monoisotopic (exact) mass is 463 g/mol. The van der Waals surface area contributed by atoms with Gasteiger partial charge in [0.25, 0.3) is 0 Å². The van der Waals surface area contributed by atoms with Crippen LogP contribution in [0.25, 0.3) is 22.4 Å². The zero-order valence-corrected chi connectivity index (χ0v) is 18.9. The van der Waals surface area contributed by atoms with E-state index in [-0.39, 0.29) is 11.7 Å². The summed E-state index contributed by atoms with van der Waals surface area (Å²) in [6.45, 7) is 6.23. The Balaban J connectivity index is 1.44. The third-order valence-electron chi connectivity index (χ3n) is 6.58. The van der Waals surface area contributed by atoms with Crippen molar-refractivity contribution in [3.63, 3.8) is 0 Å². The van der Waals surface area contributed by atoms with E-state index < -0.39 is 11.6 Å². The highest BCUT2D eigenvalue weighted by molar-refractivity contribution is 5.88. The van der Waals surface area contributed by atoms with Gasteiger partial charge in [-0.25, -0.2) is 23.7 Å². The van der Waals surface area contributed by atoms with E-state index in [0.29, 0.717) is 48.2 Å². The maximum atomic E-state index is 14.8. The summed E-state index contributed by atoms with van der Waals surface area (Å²) < 4.78 is 36.5. The average molecular weight is 463 g/mol. The van der Waals surface area contributed by atoms with Crippen molar-refractivity contribution in [2.45, 2.75) is 39.3 Å². The molecule has 3 aromatic heterocycles. The lowest BCUT2D eigenvalue weighted by molar-refractivity contribution is 0.0387. The molecule has 2 aliphatic rings. The minimum atomic E-state index is -0.707. The Morgan fingerprint density at radius 3 is 2.74 bits per heavy atom. The van der Waals surface area contributed by atoms with Gasteiger partial charge in [0, 0.05) is 36.0 Å². The molecule has 34 heavy (non-hydrogen) atoms. The first-order valence-electron chi connectivity index (χ1n) is 11.4. The van der Waals surface area contributed by atoms with Crippen LogP contribution in [0.3, 0.4) is 0 Å². The van der Waals surface area contributed by atoms with Gasteiger partial charge in [-0.2, -0.15) is 10.1 Å². The molecule has 1 aromatic carbocycles. The summed E-state index contributed by atoms with van der Waals surface area (Å²) in [5.41, 5.74) is 4.97. The number of aromatic nitrogens is 6. The Morgan fingerprint density at radius 2 is 1.88 bits per heavy atom. The molecule has 6 rings (SSSR count). The normalized spacial score (nSPS) is 18.0. The first-order chi connectivity index (χ1) is 16.5. The van der Waals surface area contributed by atoms with Crippen molar-refractivity contribution in [3.05, 3.63) is 58.7 Å². The van der Waals surface area contributed by atoms with Crippen molar-refractivity contribution < 1.29 is 13.5 Å². The van der Waals surface area contributed by atoms with E-state index >= 15 is 0 Å². The number of fused-ring (bicyclic) bond motifs is 2. The molecule has 4 aromatic rings. The average Bonchev–Trinajstić information content (AvgIpc) is 3.44. The van der Waals surface area contributed by atoms with Crippen LogP contribution in [0.5, 0.6) is 0 Å². The van der Waals surface area contributed by atoms with Gasteiger partial charge in [-0.3, -0.25) is 4.68 Å². The number of anilines is 1. The van der Waals surface area contributed by atoms with Crippen LogP contribution in [0, 0.1) is 25.5 Å². The quantitative estimate of drug-likeness (QED) is 0.458. The summed E-state index contributed by atoms with van der Waals surface area (Å²) >= 11 is 0. The molecule has 2 aliphatic heterocycles. The van der Waals surface area contributed by atoms with Crippen LogP contribution in [0.2, 0.25) is 0 Å². The molecule has 0 spiro atoms. The van der Waals surface area contributed by atoms with E-state index in [0.717, 1.165) is 36.7 Å². The maximum absolute atomic E-state index is 14.8. The van der Waals surface area contributed by atoms with Crippen molar-refractivity contribution in [2.24, 2.45) is 0 Å². The van der Waals surface area contributed by atoms with E-state index in [2.05, 4.69) is 15.1 Å². The Hall–Kier alpha value is -3.53. The van der Waals surface area contributed by atoms with Crippen molar-refractivity contribution in [1.29, 1.82) is 0 Å². The topological polar surface area (TPSA) is 81.9 Å². The van der Waals surface area contributed by atoms with Gasteiger partial charge in [-0.05, 0) is 38.8 Å². The summed E-state index contributed by atoms with van der Waals surface area (Å²) in [4.78, 5) is 20.6. The highest BCUT2D eigenvalue weighted by Crippen LogP contribution is 2.33. The van der Waals surface area contributed by atoms with E-state index in [4.69, 9.17) is 14.7 Å². The molecule has 1 saturated heterocycles. The molecule has 8 nitrogen and oxygen atoms in total. The fraction of sp³-hybridized carbons (Fsp3) is 0.375. The summed E-state index contributed by atoms with van der Waals surface area (Å²) in [6.07, 6.45) is 3.81. The first kappa shape index (κ1) is 21.0. The van der Waals surface area contributed by atoms with Gasteiger partial charge in [0.05, 0.1) is 30.7 Å². The SMILES string of the molecule is Cc1nc2nc(N3CCO[C@@H](c4cnn5c4CCC5)C3)nc(-c3ccc(F)cc3F)c2nc1C. The van der Waals surface area contributed by atoms with E-state index in [1.807, 2.05) is 29.6 Å². The first-order valence-corrected chi connectivity index (χ1v) is 11.4. The molecule has 0 aliphatic carbocycles. The Bertz CT molecular complexity index is 1420. The van der Waals surface area contributed by atoms with Crippen molar-refractivity contribution >= 4 is 17.1 Å². The highest BCUT2D eigenvalue weighted by atomic mass is 19.1. The van der Waals surface area contributed by atoms with Crippen molar-refractivity contribution in [1.82, 2.24) is 29.7 Å². The second kappa shape index (κ2) is 8.05. The molecular formula is C24H23F2N7O. The molecule has 0 radical (unpaired) electrons. The second-order valence-corrected chi connectivity index (χ2v) is 8.74. The molecule has 1 atom stereocenters. The maximum Gasteiger partial charge on any atom is 0.228 e. The third-order valence-corrected chi connectivity index (χ3v) is 6.58. The molecule has 5 heterocycles. The molecule has 0 N–H and O–H groups in total. The van der Waals surface area contributed by atoms with Crippen LogP contribution in [0.4, 0.5) is 14.7 Å². The largest absolute Gasteiger partial charge is 0.370 e. The second-order valence-electron chi connectivity index (χ2n) is 8.74. The van der Waals surface area contributed by atoms with Gasteiger partial charge in [0.2, 0.25) is 5.95 Å². The fourth-order valence-corrected chi connectivity index (χ4v) is 4.69. The van der Waals surface area contributed by atoms with E-state index in [9.17, 15) is 8.78 Å². The zero-order chi connectivity index (χ0) is 23.4. The van der Waals surface area contributed by atoms with Crippen LogP contribution >= 0.6 is 0 Å². The molecule has 174 valence electrons. The minimum absolute atomic E-state index is 0.159. The van der Waals surface area contributed by atoms with Gasteiger partial charge >= 0.3 is 0 Å². The van der Waals surface area contributed by atoms with Gasteiger partial charge < -0.3 is 9.64 Å². The molecule has 10 heteroatoms. The van der Waals surface area contributed by atoms with Crippen molar-refractivity contribution in [2.75, 3.05) is 24.6 Å². The summed E-state index contributed by atoms with van der Waals surface area (Å²) in [5, 5.41) is 4.50. The molecule has 0 bridgehead atoms. The lowest BCUT2D eigenvalue weighted by Crippen LogP contribution is -2.39. The highest BCUT2D eigenvalue weighted by Gasteiger charge is 2.30. The summed E-state index contributed by atoms with van der Waals surface area (Å²) in [5.74, 6) is -0.940. The molecule has 0 saturated carbocycles. The van der Waals surface area contributed by atoms with Crippen LogP contribution < -0.4 is 4.90 Å². The van der Waals surface area contributed by atoms with Crippen LogP contribution in [-0.2, 0) is 17.7 Å². The van der Waals surface area contributed by atoms with Gasteiger partial charge in [-0.1, -0.05) is 0 Å². The predicted molar refractivity (Wildman–Crippen MR) is 121 cm³/mol.